The first-order valence-corrected chi connectivity index (χ1v) is 6.90. The van der Waals surface area contributed by atoms with E-state index in [9.17, 15) is 4.79 Å². The quantitative estimate of drug-likeness (QED) is 0.877. The van der Waals surface area contributed by atoms with Gasteiger partial charge in [0.15, 0.2) is 0 Å². The molecule has 0 amide bonds. The molecule has 1 unspecified atom stereocenters. The summed E-state index contributed by atoms with van der Waals surface area (Å²) in [5, 5.41) is 4.48. The highest BCUT2D eigenvalue weighted by molar-refractivity contribution is 5.78. The molecule has 0 bridgehead atoms. The van der Waals surface area contributed by atoms with Crippen molar-refractivity contribution in [1.29, 1.82) is 0 Å². The second-order valence-electron chi connectivity index (χ2n) is 5.14. The van der Waals surface area contributed by atoms with Crippen LogP contribution in [0, 0.1) is 5.92 Å². The van der Waals surface area contributed by atoms with Crippen molar-refractivity contribution >= 4 is 10.9 Å². The molecule has 0 aliphatic carbocycles. The zero-order valence-corrected chi connectivity index (χ0v) is 10.9. The lowest BCUT2D eigenvalue weighted by atomic mass is 10.0. The van der Waals surface area contributed by atoms with E-state index in [0.717, 1.165) is 30.5 Å². The van der Waals surface area contributed by atoms with Crippen molar-refractivity contribution in [1.82, 2.24) is 9.99 Å². The van der Waals surface area contributed by atoms with Crippen molar-refractivity contribution in [3.8, 4) is 0 Å². The van der Waals surface area contributed by atoms with Crippen LogP contribution in [0.3, 0.4) is 0 Å². The molecule has 0 saturated carbocycles. The van der Waals surface area contributed by atoms with Gasteiger partial charge in [0.1, 0.15) is 0 Å². The summed E-state index contributed by atoms with van der Waals surface area (Å²) in [4.78, 5) is 12.0. The van der Waals surface area contributed by atoms with Gasteiger partial charge in [0.25, 0.3) is 5.56 Å². The zero-order chi connectivity index (χ0) is 13.1. The van der Waals surface area contributed by atoms with Gasteiger partial charge in [-0.1, -0.05) is 18.2 Å². The average molecular weight is 257 g/mol. The van der Waals surface area contributed by atoms with Crippen molar-refractivity contribution in [3.05, 3.63) is 46.8 Å². The summed E-state index contributed by atoms with van der Waals surface area (Å²) in [6.07, 6.45) is 2.44. The van der Waals surface area contributed by atoms with E-state index in [2.05, 4.69) is 10.7 Å². The fourth-order valence-corrected chi connectivity index (χ4v) is 2.67. The molecule has 0 radical (unpaired) electrons. The number of pyridine rings is 1. The predicted octanol–water partition coefficient (Wildman–Crippen LogP) is 1.54. The number of nitrogens with zero attached hydrogens (tertiary/aromatic N) is 1. The second kappa shape index (κ2) is 5.45. The standard InChI is InChI=1S/C15H19N3O/c19-15-8-7-13-5-1-2-6-14(13)18(15)17-11-12-4-3-9-16-10-12/h1-2,5-8,12,16-17H,3-4,9-11H2. The number of hydrogen-bond acceptors (Lipinski definition) is 3. The number of fused-ring (bicyclic) bond motifs is 1. The minimum Gasteiger partial charge on any atom is -0.322 e. The van der Waals surface area contributed by atoms with E-state index in [1.54, 1.807) is 10.7 Å². The maximum Gasteiger partial charge on any atom is 0.269 e. The van der Waals surface area contributed by atoms with Gasteiger partial charge in [0.2, 0.25) is 0 Å². The number of rotatable bonds is 3. The van der Waals surface area contributed by atoms with E-state index in [1.807, 2.05) is 30.3 Å². The van der Waals surface area contributed by atoms with Crippen LogP contribution in [-0.4, -0.2) is 24.3 Å². The van der Waals surface area contributed by atoms with Crippen LogP contribution in [0.1, 0.15) is 12.8 Å². The maximum absolute atomic E-state index is 12.0. The number of hydrogen-bond donors (Lipinski definition) is 2. The minimum absolute atomic E-state index is 0.00229. The summed E-state index contributed by atoms with van der Waals surface area (Å²) in [7, 11) is 0. The molecule has 2 aromatic rings. The highest BCUT2D eigenvalue weighted by Crippen LogP contribution is 2.11. The summed E-state index contributed by atoms with van der Waals surface area (Å²) >= 11 is 0. The number of piperidine rings is 1. The molecule has 2 N–H and O–H groups in total. The minimum atomic E-state index is 0.00229. The monoisotopic (exact) mass is 257 g/mol. The number of aromatic nitrogens is 1. The summed E-state index contributed by atoms with van der Waals surface area (Å²) in [6, 6.07) is 11.4. The van der Waals surface area contributed by atoms with Crippen LogP contribution < -0.4 is 16.3 Å². The first-order chi connectivity index (χ1) is 9.34. The molecule has 4 nitrogen and oxygen atoms in total. The lowest BCUT2D eigenvalue weighted by molar-refractivity contribution is 0.385. The molecule has 1 fully saturated rings. The van der Waals surface area contributed by atoms with E-state index < -0.39 is 0 Å². The fourth-order valence-electron chi connectivity index (χ4n) is 2.67. The van der Waals surface area contributed by atoms with Crippen LogP contribution >= 0.6 is 0 Å². The number of nitrogens with one attached hydrogen (secondary N) is 2. The van der Waals surface area contributed by atoms with Crippen LogP contribution in [0.15, 0.2) is 41.2 Å². The van der Waals surface area contributed by atoms with Gasteiger partial charge in [-0.2, -0.15) is 0 Å². The van der Waals surface area contributed by atoms with Crippen molar-refractivity contribution < 1.29 is 0 Å². The van der Waals surface area contributed by atoms with Crippen LogP contribution in [0.4, 0.5) is 0 Å². The molecule has 2 heterocycles. The Morgan fingerprint density at radius 3 is 3.00 bits per heavy atom. The van der Waals surface area contributed by atoms with Crippen LogP contribution in [0.25, 0.3) is 10.9 Å². The van der Waals surface area contributed by atoms with Gasteiger partial charge in [-0.25, -0.2) is 4.68 Å². The first-order valence-electron chi connectivity index (χ1n) is 6.90. The molecule has 1 aliphatic heterocycles. The van der Waals surface area contributed by atoms with Crippen LogP contribution in [0.2, 0.25) is 0 Å². The van der Waals surface area contributed by atoms with Gasteiger partial charge in [0.05, 0.1) is 5.52 Å². The lowest BCUT2D eigenvalue weighted by Crippen LogP contribution is -2.38. The van der Waals surface area contributed by atoms with Crippen molar-refractivity contribution in [2.45, 2.75) is 12.8 Å². The molecule has 1 atom stereocenters. The van der Waals surface area contributed by atoms with Gasteiger partial charge in [0, 0.05) is 18.0 Å². The highest BCUT2D eigenvalue weighted by atomic mass is 16.1. The Morgan fingerprint density at radius 1 is 1.26 bits per heavy atom. The summed E-state index contributed by atoms with van der Waals surface area (Å²) in [6.45, 7) is 2.98. The van der Waals surface area contributed by atoms with E-state index in [1.165, 1.54) is 12.8 Å². The summed E-state index contributed by atoms with van der Waals surface area (Å²) in [5.74, 6) is 0.597. The highest BCUT2D eigenvalue weighted by Gasteiger charge is 2.13. The third kappa shape index (κ3) is 2.63. The Balaban J connectivity index is 1.83. The number of benzene rings is 1. The van der Waals surface area contributed by atoms with Gasteiger partial charge in [-0.05, 0) is 44.0 Å². The van der Waals surface area contributed by atoms with E-state index in [0.29, 0.717) is 5.92 Å². The Labute approximate surface area is 112 Å². The average Bonchev–Trinajstić information content (AvgIpc) is 2.47. The molecule has 4 heteroatoms. The first kappa shape index (κ1) is 12.2. The Hall–Kier alpha value is -1.81. The Bertz CT molecular complexity index is 614. The third-order valence-electron chi connectivity index (χ3n) is 3.74. The van der Waals surface area contributed by atoms with Gasteiger partial charge in [-0.3, -0.25) is 4.79 Å². The van der Waals surface area contributed by atoms with E-state index >= 15 is 0 Å². The smallest absolute Gasteiger partial charge is 0.269 e. The fraction of sp³-hybridized carbons (Fsp3) is 0.400. The lowest BCUT2D eigenvalue weighted by Gasteiger charge is -2.24. The normalized spacial score (nSPS) is 19.5. The summed E-state index contributed by atoms with van der Waals surface area (Å²) < 4.78 is 1.67. The third-order valence-corrected chi connectivity index (χ3v) is 3.74. The van der Waals surface area contributed by atoms with E-state index in [4.69, 9.17) is 0 Å². The Morgan fingerprint density at radius 2 is 2.16 bits per heavy atom. The molecule has 1 aromatic carbocycles. The van der Waals surface area contributed by atoms with Crippen molar-refractivity contribution in [2.24, 2.45) is 5.92 Å². The largest absolute Gasteiger partial charge is 0.322 e. The molecular formula is C15H19N3O. The molecule has 3 rings (SSSR count). The topological polar surface area (TPSA) is 46.1 Å². The molecule has 100 valence electrons. The molecule has 1 aliphatic rings. The predicted molar refractivity (Wildman–Crippen MR) is 78.0 cm³/mol. The van der Waals surface area contributed by atoms with Crippen LogP contribution in [-0.2, 0) is 0 Å². The van der Waals surface area contributed by atoms with Crippen molar-refractivity contribution in [2.75, 3.05) is 25.1 Å². The van der Waals surface area contributed by atoms with E-state index in [-0.39, 0.29) is 5.56 Å². The van der Waals surface area contributed by atoms with Crippen molar-refractivity contribution in [3.63, 3.8) is 0 Å². The SMILES string of the molecule is O=c1ccc2ccccc2n1NCC1CCCNC1. The molecule has 1 aromatic heterocycles. The molecule has 19 heavy (non-hydrogen) atoms. The summed E-state index contributed by atoms with van der Waals surface area (Å²) in [5.41, 5.74) is 4.24. The second-order valence-corrected chi connectivity index (χ2v) is 5.14. The molecule has 1 saturated heterocycles. The van der Waals surface area contributed by atoms with Gasteiger partial charge in [-0.15, -0.1) is 0 Å². The number of para-hydroxylation sites is 1. The van der Waals surface area contributed by atoms with Gasteiger partial charge >= 0.3 is 0 Å². The Kier molecular flexibility index (Phi) is 3.51. The van der Waals surface area contributed by atoms with Gasteiger partial charge < -0.3 is 10.7 Å². The maximum atomic E-state index is 12.0. The molecule has 0 spiro atoms. The zero-order valence-electron chi connectivity index (χ0n) is 10.9. The molecular weight excluding hydrogens is 238 g/mol. The van der Waals surface area contributed by atoms with Crippen LogP contribution in [0.5, 0.6) is 0 Å².